The van der Waals surface area contributed by atoms with Gasteiger partial charge in [0.15, 0.2) is 12.4 Å². The molecule has 0 atom stereocenters. The number of carboxylic acids is 1. The second-order valence-electron chi connectivity index (χ2n) is 5.54. The molecule has 3 aromatic rings. The van der Waals surface area contributed by atoms with Gasteiger partial charge in [-0.15, -0.1) is 0 Å². The zero-order valence-electron chi connectivity index (χ0n) is 14.2. The van der Waals surface area contributed by atoms with Crippen LogP contribution in [-0.2, 0) is 4.79 Å². The molecule has 0 fully saturated rings. The molecule has 1 aromatic heterocycles. The SMILES string of the molecule is O=C(O)COc1ccc(/C=N/NC(=O)c2cc3cc([N+](=O)[O-])ccc3o2)cc1. The van der Waals surface area contributed by atoms with Crippen LogP contribution in [0.5, 0.6) is 5.75 Å². The van der Waals surface area contributed by atoms with E-state index in [1.807, 2.05) is 0 Å². The number of aliphatic carboxylic acids is 1. The first-order chi connectivity index (χ1) is 13.4. The quantitative estimate of drug-likeness (QED) is 0.362. The maximum absolute atomic E-state index is 12.1. The highest BCUT2D eigenvalue weighted by molar-refractivity contribution is 5.97. The van der Waals surface area contributed by atoms with Crippen molar-refractivity contribution in [2.24, 2.45) is 5.10 Å². The molecule has 10 nitrogen and oxygen atoms in total. The van der Waals surface area contributed by atoms with E-state index in [-0.39, 0.29) is 11.4 Å². The number of furan rings is 1. The number of carboxylic acid groups (broad SMARTS) is 1. The molecule has 10 heteroatoms. The number of hydrazone groups is 1. The highest BCUT2D eigenvalue weighted by Gasteiger charge is 2.14. The Morgan fingerprint density at radius 1 is 1.21 bits per heavy atom. The van der Waals surface area contributed by atoms with Gasteiger partial charge in [-0.05, 0) is 42.0 Å². The number of nitro groups is 1. The minimum absolute atomic E-state index is 0.0370. The van der Waals surface area contributed by atoms with Gasteiger partial charge in [0.05, 0.1) is 11.1 Å². The Kier molecular flexibility index (Phi) is 5.30. The monoisotopic (exact) mass is 383 g/mol. The van der Waals surface area contributed by atoms with E-state index in [1.54, 1.807) is 24.3 Å². The summed E-state index contributed by atoms with van der Waals surface area (Å²) >= 11 is 0. The minimum Gasteiger partial charge on any atom is -0.482 e. The molecule has 3 rings (SSSR count). The molecule has 0 radical (unpaired) electrons. The number of rotatable bonds is 7. The normalized spacial score (nSPS) is 10.9. The van der Waals surface area contributed by atoms with Gasteiger partial charge in [-0.1, -0.05) is 0 Å². The molecule has 0 spiro atoms. The topological polar surface area (TPSA) is 144 Å². The van der Waals surface area contributed by atoms with Crippen molar-refractivity contribution in [1.82, 2.24) is 5.43 Å². The second-order valence-corrected chi connectivity index (χ2v) is 5.54. The lowest BCUT2D eigenvalue weighted by molar-refractivity contribution is -0.384. The van der Waals surface area contributed by atoms with Gasteiger partial charge in [-0.2, -0.15) is 5.10 Å². The van der Waals surface area contributed by atoms with Crippen LogP contribution in [0.3, 0.4) is 0 Å². The molecule has 0 bridgehead atoms. The Morgan fingerprint density at radius 3 is 2.64 bits per heavy atom. The summed E-state index contributed by atoms with van der Waals surface area (Å²) in [6, 6.07) is 11.8. The lowest BCUT2D eigenvalue weighted by atomic mass is 10.2. The van der Waals surface area contributed by atoms with Crippen LogP contribution in [0.25, 0.3) is 11.0 Å². The van der Waals surface area contributed by atoms with Gasteiger partial charge in [-0.3, -0.25) is 14.9 Å². The van der Waals surface area contributed by atoms with Gasteiger partial charge in [0.2, 0.25) is 0 Å². The Balaban J connectivity index is 1.62. The van der Waals surface area contributed by atoms with Crippen LogP contribution in [0.2, 0.25) is 0 Å². The van der Waals surface area contributed by atoms with Crippen molar-refractivity contribution in [3.8, 4) is 5.75 Å². The molecule has 2 aromatic carbocycles. The molecule has 1 amide bonds. The van der Waals surface area contributed by atoms with Crippen molar-refractivity contribution < 1.29 is 28.8 Å². The smallest absolute Gasteiger partial charge is 0.341 e. The number of fused-ring (bicyclic) bond motifs is 1. The fourth-order valence-electron chi connectivity index (χ4n) is 2.27. The lowest BCUT2D eigenvalue weighted by Gasteiger charge is -2.02. The highest BCUT2D eigenvalue weighted by atomic mass is 16.6. The van der Waals surface area contributed by atoms with Crippen LogP contribution in [-0.4, -0.2) is 34.7 Å². The summed E-state index contributed by atoms with van der Waals surface area (Å²) < 4.78 is 10.4. The first kappa shape index (κ1) is 18.6. The first-order valence-corrected chi connectivity index (χ1v) is 7.88. The summed E-state index contributed by atoms with van der Waals surface area (Å²) in [4.78, 5) is 32.8. The van der Waals surface area contributed by atoms with Gasteiger partial charge in [0.25, 0.3) is 5.69 Å². The predicted molar refractivity (Wildman–Crippen MR) is 97.5 cm³/mol. The molecule has 0 saturated carbocycles. The van der Waals surface area contributed by atoms with Crippen LogP contribution < -0.4 is 10.2 Å². The molecule has 0 aliphatic heterocycles. The van der Waals surface area contributed by atoms with E-state index in [2.05, 4.69) is 10.5 Å². The van der Waals surface area contributed by atoms with Crippen LogP contribution in [0.1, 0.15) is 16.1 Å². The Morgan fingerprint density at radius 2 is 1.96 bits per heavy atom. The summed E-state index contributed by atoms with van der Waals surface area (Å²) in [5, 5.41) is 23.6. The van der Waals surface area contributed by atoms with E-state index in [4.69, 9.17) is 14.3 Å². The maximum Gasteiger partial charge on any atom is 0.341 e. The first-order valence-electron chi connectivity index (χ1n) is 7.88. The van der Waals surface area contributed by atoms with E-state index in [0.29, 0.717) is 22.3 Å². The third-order valence-electron chi connectivity index (χ3n) is 3.56. The molecule has 1 heterocycles. The fraction of sp³-hybridized carbons (Fsp3) is 0.0556. The number of nitrogens with zero attached hydrogens (tertiary/aromatic N) is 2. The summed E-state index contributed by atoms with van der Waals surface area (Å²) in [7, 11) is 0. The number of carbonyl (C=O) groups is 2. The molecule has 0 unspecified atom stereocenters. The molecule has 0 saturated heterocycles. The van der Waals surface area contributed by atoms with Gasteiger partial charge in [-0.25, -0.2) is 10.2 Å². The summed E-state index contributed by atoms with van der Waals surface area (Å²) in [6.45, 7) is -0.440. The van der Waals surface area contributed by atoms with Gasteiger partial charge in [0, 0.05) is 17.5 Å². The van der Waals surface area contributed by atoms with Crippen molar-refractivity contribution >= 4 is 34.7 Å². The minimum atomic E-state index is -1.08. The second kappa shape index (κ2) is 7.99. The number of ether oxygens (including phenoxy) is 1. The maximum atomic E-state index is 12.1. The molecule has 0 aliphatic carbocycles. The molecular weight excluding hydrogens is 370 g/mol. The summed E-state index contributed by atoms with van der Waals surface area (Å²) in [5.74, 6) is -1.34. The molecule has 0 aliphatic rings. The zero-order valence-corrected chi connectivity index (χ0v) is 14.2. The number of hydrogen-bond donors (Lipinski definition) is 2. The predicted octanol–water partition coefficient (Wildman–Crippen LogP) is 2.57. The van der Waals surface area contributed by atoms with Crippen molar-refractivity contribution in [3.05, 3.63) is 70.0 Å². The van der Waals surface area contributed by atoms with Gasteiger partial charge >= 0.3 is 11.9 Å². The number of nitrogens with one attached hydrogen (secondary N) is 1. The van der Waals surface area contributed by atoms with E-state index < -0.39 is 23.4 Å². The average Bonchev–Trinajstić information content (AvgIpc) is 3.10. The third-order valence-corrected chi connectivity index (χ3v) is 3.56. The number of nitro benzene ring substituents is 1. The van der Waals surface area contributed by atoms with Gasteiger partial charge < -0.3 is 14.3 Å². The lowest BCUT2D eigenvalue weighted by Crippen LogP contribution is -2.16. The summed E-state index contributed by atoms with van der Waals surface area (Å²) in [5.41, 5.74) is 3.18. The van der Waals surface area contributed by atoms with Crippen LogP contribution in [0.15, 0.2) is 58.0 Å². The van der Waals surface area contributed by atoms with E-state index in [1.165, 1.54) is 30.5 Å². The molecular formula is C18H13N3O7. The van der Waals surface area contributed by atoms with Crippen molar-refractivity contribution in [2.45, 2.75) is 0 Å². The number of benzene rings is 2. The number of non-ortho nitro benzene ring substituents is 1. The third kappa shape index (κ3) is 4.49. The Labute approximate surface area is 157 Å². The fourth-order valence-corrected chi connectivity index (χ4v) is 2.27. The Hall–Kier alpha value is -4.21. The van der Waals surface area contributed by atoms with Crippen LogP contribution in [0.4, 0.5) is 5.69 Å². The Bertz CT molecular complexity index is 1070. The highest BCUT2D eigenvalue weighted by Crippen LogP contribution is 2.24. The van der Waals surface area contributed by atoms with Gasteiger partial charge in [0.1, 0.15) is 11.3 Å². The van der Waals surface area contributed by atoms with Crippen molar-refractivity contribution in [3.63, 3.8) is 0 Å². The standard InChI is InChI=1S/C18H13N3O7/c22-17(23)10-27-14-4-1-11(2-5-14)9-19-20-18(24)16-8-12-7-13(21(25)26)3-6-15(12)28-16/h1-9H,10H2,(H,20,24)(H,22,23)/b19-9+. The zero-order chi connectivity index (χ0) is 20.1. The van der Waals surface area contributed by atoms with E-state index in [9.17, 15) is 19.7 Å². The molecule has 2 N–H and O–H groups in total. The van der Waals surface area contributed by atoms with E-state index in [0.717, 1.165) is 0 Å². The van der Waals surface area contributed by atoms with Crippen LogP contribution >= 0.6 is 0 Å². The van der Waals surface area contributed by atoms with Crippen molar-refractivity contribution in [2.75, 3.05) is 6.61 Å². The van der Waals surface area contributed by atoms with Crippen molar-refractivity contribution in [1.29, 1.82) is 0 Å². The average molecular weight is 383 g/mol. The largest absolute Gasteiger partial charge is 0.482 e. The number of amides is 1. The molecule has 142 valence electrons. The number of carbonyl (C=O) groups excluding carboxylic acids is 1. The molecule has 28 heavy (non-hydrogen) atoms. The number of hydrogen-bond acceptors (Lipinski definition) is 7. The van der Waals surface area contributed by atoms with E-state index >= 15 is 0 Å². The van der Waals surface area contributed by atoms with Crippen LogP contribution in [0, 0.1) is 10.1 Å². The summed E-state index contributed by atoms with van der Waals surface area (Å²) in [6.07, 6.45) is 1.38.